The Morgan fingerprint density at radius 1 is 0.247 bits per heavy atom. The van der Waals surface area contributed by atoms with Crippen molar-refractivity contribution >= 4 is 47.7 Å². The van der Waals surface area contributed by atoms with E-state index < -0.39 is 15.8 Å². The van der Waals surface area contributed by atoms with Crippen LogP contribution in [0.3, 0.4) is 0 Å². The van der Waals surface area contributed by atoms with Gasteiger partial charge in [0.25, 0.3) is 0 Å². The first-order valence-corrected chi connectivity index (χ1v) is 33.0. The van der Waals surface area contributed by atoms with E-state index in [2.05, 4.69) is 246 Å². The zero-order valence-corrected chi connectivity index (χ0v) is 60.5. The molecule has 0 radical (unpaired) electrons. The molecule has 0 aliphatic rings. The predicted octanol–water partition coefficient (Wildman–Crippen LogP) is 17.6. The van der Waals surface area contributed by atoms with Crippen molar-refractivity contribution in [2.45, 2.75) is 216 Å². The summed E-state index contributed by atoms with van der Waals surface area (Å²) < 4.78 is 46.3. The van der Waals surface area contributed by atoms with Crippen LogP contribution in [0.15, 0.2) is 72.8 Å². The zero-order chi connectivity index (χ0) is 64.4. The molecule has 0 saturated carbocycles. The van der Waals surface area contributed by atoms with Gasteiger partial charge >= 0.3 is 0 Å². The molecule has 0 fully saturated rings. The summed E-state index contributed by atoms with van der Waals surface area (Å²) in [4.78, 5) is 0. The third kappa shape index (κ3) is 14.2. The Morgan fingerprint density at radius 3 is 0.612 bits per heavy atom. The molecule has 0 amide bonds. The van der Waals surface area contributed by atoms with Crippen LogP contribution in [-0.2, 0) is 43.3 Å². The number of methoxy groups -OCH3 is 7. The van der Waals surface area contributed by atoms with Crippen LogP contribution in [0, 0.1) is 6.92 Å². The van der Waals surface area contributed by atoms with E-state index in [-0.39, 0.29) is 43.3 Å². The summed E-state index contributed by atoms with van der Waals surface area (Å²) in [5.74, 6) is 5.47. The molecule has 1 unspecified atom stereocenters. The van der Waals surface area contributed by atoms with Crippen LogP contribution >= 0.6 is 15.8 Å². The summed E-state index contributed by atoms with van der Waals surface area (Å²) in [6.07, 6.45) is 0. The molecule has 0 heterocycles. The smallest absolute Gasteiger partial charge is 0.131 e. The van der Waals surface area contributed by atoms with Crippen molar-refractivity contribution in [3.8, 4) is 51.4 Å². The lowest BCUT2D eigenvalue weighted by Gasteiger charge is -2.36. The van der Waals surface area contributed by atoms with Crippen LogP contribution in [0.1, 0.15) is 216 Å². The van der Waals surface area contributed by atoms with Crippen LogP contribution in [-0.4, -0.2) is 49.8 Å². The van der Waals surface area contributed by atoms with Crippen molar-refractivity contribution in [3.05, 3.63) is 123 Å². The number of rotatable bonds is 14. The van der Waals surface area contributed by atoms with Gasteiger partial charge in [0.05, 0.1) is 49.8 Å². The fourth-order valence-electron chi connectivity index (χ4n) is 12.0. The Balaban J connectivity index is 2.08. The van der Waals surface area contributed by atoms with Crippen LogP contribution in [0.4, 0.5) is 0 Å². The first-order chi connectivity index (χ1) is 38.8. The van der Waals surface area contributed by atoms with Crippen molar-refractivity contribution in [1.29, 1.82) is 0 Å². The van der Waals surface area contributed by atoms with Crippen molar-refractivity contribution < 1.29 is 33.2 Å². The molecule has 6 aromatic carbocycles. The topological polar surface area (TPSA) is 64.6 Å². The summed E-state index contributed by atoms with van der Waals surface area (Å²) in [6, 6.07) is 28.3. The monoisotopic (exact) mass is 1190 g/mol. The Bertz CT molecular complexity index is 3190. The Hall–Kier alpha value is -5.22. The molecule has 0 aromatic heterocycles. The summed E-state index contributed by atoms with van der Waals surface area (Å²) >= 11 is 0. The highest BCUT2D eigenvalue weighted by atomic mass is 31.1. The maximum atomic E-state index is 6.89. The van der Waals surface area contributed by atoms with Crippen LogP contribution < -0.4 is 65.0 Å². The third-order valence-electron chi connectivity index (χ3n) is 16.5. The number of hydrogen-bond donors (Lipinski definition) is 0. The van der Waals surface area contributed by atoms with Crippen LogP contribution in [0.2, 0.25) is 0 Å². The molecule has 7 nitrogen and oxygen atoms in total. The molecular formula is C76H108O7P2. The molecule has 6 aromatic rings. The van der Waals surface area contributed by atoms with Crippen molar-refractivity contribution in [2.75, 3.05) is 49.8 Å². The molecule has 85 heavy (non-hydrogen) atoms. The van der Waals surface area contributed by atoms with Gasteiger partial charge in [-0.05, 0) is 165 Å². The normalized spacial score (nSPS) is 13.5. The average Bonchev–Trinajstić information content (AvgIpc) is 0.907. The van der Waals surface area contributed by atoms with Crippen LogP contribution in [0.25, 0.3) is 11.1 Å². The van der Waals surface area contributed by atoms with Gasteiger partial charge < -0.3 is 33.2 Å². The Kier molecular flexibility index (Phi) is 19.8. The first kappa shape index (κ1) is 68.9. The molecule has 0 saturated heterocycles. The highest BCUT2D eigenvalue weighted by Gasteiger charge is 2.39. The molecule has 0 spiro atoms. The highest BCUT2D eigenvalue weighted by molar-refractivity contribution is 7.81. The SMILES string of the molecule is COc1cc(OC)c(-c2c(OC)cc(OC)cc2P(c2cc(C(C)(C)C)c(OC)c(C(C)(C)C)c2)c2cc(C(C)(C)C)c(OC)c(C(C)(C)C)c2)c(P(c2cc(C(C)(C)C)c(C)c(C(C)(C)C)c2)c2cc(C(C)(C)C)c(OC)c(C(C)(C)C)c2)c1. The van der Waals surface area contributed by atoms with Gasteiger partial charge in [-0.15, -0.1) is 0 Å². The van der Waals surface area contributed by atoms with E-state index in [1.54, 1.807) is 28.4 Å². The highest BCUT2D eigenvalue weighted by Crippen LogP contribution is 2.54. The molecule has 9 heteroatoms. The lowest BCUT2D eigenvalue weighted by atomic mass is 9.77. The van der Waals surface area contributed by atoms with Gasteiger partial charge in [-0.25, -0.2) is 0 Å². The summed E-state index contributed by atoms with van der Waals surface area (Å²) in [6.45, 7) is 57.7. The van der Waals surface area contributed by atoms with Crippen molar-refractivity contribution in [2.24, 2.45) is 0 Å². The third-order valence-corrected chi connectivity index (χ3v) is 21.2. The van der Waals surface area contributed by atoms with Gasteiger partial charge in [-0.1, -0.05) is 166 Å². The minimum Gasteiger partial charge on any atom is -0.497 e. The van der Waals surface area contributed by atoms with Gasteiger partial charge in [-0.2, -0.15) is 0 Å². The molecule has 6 rings (SSSR count). The Labute approximate surface area is 518 Å². The quantitative estimate of drug-likeness (QED) is 0.101. The van der Waals surface area contributed by atoms with Crippen molar-refractivity contribution in [3.63, 3.8) is 0 Å². The second-order valence-electron chi connectivity index (χ2n) is 31.5. The molecule has 0 bridgehead atoms. The maximum absolute atomic E-state index is 6.89. The first-order valence-electron chi connectivity index (χ1n) is 30.3. The van der Waals surface area contributed by atoms with E-state index in [1.807, 2.05) is 21.3 Å². The number of hydrogen-bond acceptors (Lipinski definition) is 7. The van der Waals surface area contributed by atoms with Gasteiger partial charge in [-0.3, -0.25) is 0 Å². The van der Waals surface area contributed by atoms with E-state index in [9.17, 15) is 0 Å². The predicted molar refractivity (Wildman–Crippen MR) is 369 cm³/mol. The van der Waals surface area contributed by atoms with E-state index in [4.69, 9.17) is 33.2 Å². The summed E-state index contributed by atoms with van der Waals surface area (Å²) in [7, 11) is 9.49. The molecule has 0 aliphatic carbocycles. The second-order valence-corrected chi connectivity index (χ2v) is 35.9. The fourth-order valence-corrected chi connectivity index (χ4v) is 17.2. The fraction of sp³-hybridized carbons (Fsp3) is 0.526. The average molecular weight is 1200 g/mol. The lowest BCUT2D eigenvalue weighted by molar-refractivity contribution is 0.381. The minimum atomic E-state index is -1.55. The zero-order valence-electron chi connectivity index (χ0n) is 58.7. The van der Waals surface area contributed by atoms with Crippen LogP contribution in [0.5, 0.6) is 40.2 Å². The van der Waals surface area contributed by atoms with Gasteiger partial charge in [0.1, 0.15) is 40.2 Å². The summed E-state index contributed by atoms with van der Waals surface area (Å²) in [5.41, 5.74) is 10.5. The van der Waals surface area contributed by atoms with Gasteiger partial charge in [0.2, 0.25) is 0 Å². The second kappa shape index (κ2) is 24.4. The van der Waals surface area contributed by atoms with Gasteiger partial charge in [0.15, 0.2) is 0 Å². The number of ether oxygens (including phenoxy) is 7. The minimum absolute atomic E-state index is 0.183. The standard InChI is InChI=1S/C76H108O7P2/c1-45-52(69(2,3)4)37-48(38-53(45)70(5,6)7)84(49-39-54(71(8,9)10)66(81-30)55(40-49)72(11,12)13)62-35-46(77-26)33-60(79-28)64(62)65-61(80-29)34-47(78-27)36-63(65)85(50-41-56(73(14,15)16)67(82-31)57(42-50)74(17,18)19)51-43-58(75(20,21)22)68(83-32)59(44-51)76(23,24)25/h33-44H,1-32H3. The molecular weight excluding hydrogens is 1090 g/mol. The van der Waals surface area contributed by atoms with Crippen molar-refractivity contribution in [1.82, 2.24) is 0 Å². The largest absolute Gasteiger partial charge is 0.497 e. The molecule has 0 N–H and O–H groups in total. The van der Waals surface area contributed by atoms with E-state index in [0.717, 1.165) is 72.4 Å². The summed E-state index contributed by atoms with van der Waals surface area (Å²) in [5, 5.41) is 6.89. The lowest BCUT2D eigenvalue weighted by Crippen LogP contribution is -2.32. The number of benzene rings is 6. The maximum Gasteiger partial charge on any atom is 0.131 e. The van der Waals surface area contributed by atoms with E-state index in [0.29, 0.717) is 23.0 Å². The van der Waals surface area contributed by atoms with Gasteiger partial charge in [0, 0.05) is 67.2 Å². The Morgan fingerprint density at radius 2 is 0.447 bits per heavy atom. The molecule has 464 valence electrons. The molecule has 1 atom stereocenters. The molecule has 0 aliphatic heterocycles. The van der Waals surface area contributed by atoms with E-state index >= 15 is 0 Å². The van der Waals surface area contributed by atoms with E-state index in [1.165, 1.54) is 37.9 Å².